The van der Waals surface area contributed by atoms with Gasteiger partial charge in [0.15, 0.2) is 0 Å². The van der Waals surface area contributed by atoms with E-state index >= 15 is 0 Å². The van der Waals surface area contributed by atoms with Crippen molar-refractivity contribution in [1.82, 2.24) is 0 Å². The van der Waals surface area contributed by atoms with Gasteiger partial charge in [-0.1, -0.05) is 6.07 Å². The van der Waals surface area contributed by atoms with Crippen molar-refractivity contribution < 1.29 is 4.92 Å². The minimum atomic E-state index is -0.493. The Morgan fingerprint density at radius 3 is 2.75 bits per heavy atom. The van der Waals surface area contributed by atoms with Crippen molar-refractivity contribution >= 4 is 34.0 Å². The molecule has 0 saturated carbocycles. The van der Waals surface area contributed by atoms with Crippen LogP contribution < -0.4 is 5.73 Å². The quantitative estimate of drug-likeness (QED) is 0.686. The molecule has 0 fully saturated rings. The van der Waals surface area contributed by atoms with Crippen LogP contribution in [0.2, 0.25) is 0 Å². The van der Waals surface area contributed by atoms with E-state index in [9.17, 15) is 10.1 Å². The van der Waals surface area contributed by atoms with E-state index in [1.807, 2.05) is 6.07 Å². The van der Waals surface area contributed by atoms with Crippen LogP contribution in [0, 0.1) is 21.4 Å². The largest absolute Gasteiger partial charge is 0.323 e. The lowest BCUT2D eigenvalue weighted by Gasteiger charge is -2.07. The average molecular weight is 307 g/mol. The van der Waals surface area contributed by atoms with Gasteiger partial charge in [-0.05, 0) is 27.6 Å². The molecule has 0 aliphatic rings. The summed E-state index contributed by atoms with van der Waals surface area (Å²) in [4.78, 5) is 10.1. The monoisotopic (exact) mass is 305 g/mol. The number of nitro groups is 1. The molecule has 2 N–H and O–H groups in total. The Morgan fingerprint density at radius 1 is 1.62 bits per heavy atom. The standard InChI is InChI=1S/C9H8BrN3O2.ClH/c10-7-2-1-6(8(12)3-4-11)5-9(7)13(14)15;/h1-2,5,8H,3,12H2;1H/t8-;/m0./s1. The number of nitro benzene ring substituents is 1. The van der Waals surface area contributed by atoms with Gasteiger partial charge in [0.05, 0.1) is 21.9 Å². The van der Waals surface area contributed by atoms with E-state index in [-0.39, 0.29) is 24.5 Å². The third-order valence-electron chi connectivity index (χ3n) is 1.91. The molecule has 7 heteroatoms. The van der Waals surface area contributed by atoms with Crippen LogP contribution in [0.1, 0.15) is 18.0 Å². The summed E-state index contributed by atoms with van der Waals surface area (Å²) >= 11 is 3.07. The van der Waals surface area contributed by atoms with Crippen LogP contribution in [0.3, 0.4) is 0 Å². The third-order valence-corrected chi connectivity index (χ3v) is 2.58. The Kier molecular flexibility index (Phi) is 5.96. The molecule has 1 atom stereocenters. The number of nitrogens with two attached hydrogens (primary N) is 1. The fourth-order valence-electron chi connectivity index (χ4n) is 1.12. The zero-order valence-corrected chi connectivity index (χ0v) is 10.5. The molecule has 86 valence electrons. The predicted octanol–water partition coefficient (Wildman–Crippen LogP) is 2.69. The summed E-state index contributed by atoms with van der Waals surface area (Å²) in [6.07, 6.45) is 0.138. The van der Waals surface area contributed by atoms with Gasteiger partial charge in [-0.25, -0.2) is 0 Å². The van der Waals surface area contributed by atoms with Gasteiger partial charge in [-0.2, -0.15) is 5.26 Å². The van der Waals surface area contributed by atoms with E-state index in [0.29, 0.717) is 10.0 Å². The van der Waals surface area contributed by atoms with Crippen LogP contribution >= 0.6 is 28.3 Å². The van der Waals surface area contributed by atoms with Crippen LogP contribution in [0.5, 0.6) is 0 Å². The average Bonchev–Trinajstić information content (AvgIpc) is 2.18. The maximum Gasteiger partial charge on any atom is 0.283 e. The smallest absolute Gasteiger partial charge is 0.283 e. The molecule has 0 spiro atoms. The molecule has 1 aromatic rings. The highest BCUT2D eigenvalue weighted by atomic mass is 79.9. The fourth-order valence-corrected chi connectivity index (χ4v) is 1.51. The zero-order valence-electron chi connectivity index (χ0n) is 8.09. The number of hydrogen-bond donors (Lipinski definition) is 1. The van der Waals surface area contributed by atoms with Gasteiger partial charge < -0.3 is 5.73 Å². The molecule has 16 heavy (non-hydrogen) atoms. The minimum Gasteiger partial charge on any atom is -0.323 e. The van der Waals surface area contributed by atoms with Gasteiger partial charge in [0, 0.05) is 12.1 Å². The van der Waals surface area contributed by atoms with E-state index in [0.717, 1.165) is 0 Å². The SMILES string of the molecule is Cl.N#CC[C@H](N)c1ccc(Br)c([N+](=O)[O-])c1. The lowest BCUT2D eigenvalue weighted by molar-refractivity contribution is -0.385. The highest BCUT2D eigenvalue weighted by molar-refractivity contribution is 9.10. The Morgan fingerprint density at radius 2 is 2.25 bits per heavy atom. The van der Waals surface area contributed by atoms with Crippen molar-refractivity contribution in [3.63, 3.8) is 0 Å². The first-order valence-corrected chi connectivity index (χ1v) is 4.92. The molecule has 0 radical (unpaired) electrons. The normalized spacial score (nSPS) is 11.1. The molecule has 1 aromatic carbocycles. The van der Waals surface area contributed by atoms with Crippen LogP contribution in [0.4, 0.5) is 5.69 Å². The summed E-state index contributed by atoms with van der Waals surface area (Å²) in [6, 6.07) is 6.05. The van der Waals surface area contributed by atoms with Crippen LogP contribution in [-0.4, -0.2) is 4.92 Å². The van der Waals surface area contributed by atoms with Gasteiger partial charge in [0.25, 0.3) is 5.69 Å². The van der Waals surface area contributed by atoms with E-state index < -0.39 is 11.0 Å². The lowest BCUT2D eigenvalue weighted by Crippen LogP contribution is -2.09. The topological polar surface area (TPSA) is 93.0 Å². The molecular formula is C9H9BrClN3O2. The molecule has 5 nitrogen and oxygen atoms in total. The molecule has 0 heterocycles. The molecule has 0 aliphatic carbocycles. The summed E-state index contributed by atoms with van der Waals surface area (Å²) in [6.45, 7) is 0. The second kappa shape index (κ2) is 6.43. The maximum atomic E-state index is 10.6. The van der Waals surface area contributed by atoms with Crippen LogP contribution in [0.25, 0.3) is 0 Å². The first-order valence-electron chi connectivity index (χ1n) is 4.12. The van der Waals surface area contributed by atoms with Gasteiger partial charge in [-0.15, -0.1) is 12.4 Å². The van der Waals surface area contributed by atoms with Crippen molar-refractivity contribution in [3.05, 3.63) is 38.3 Å². The first kappa shape index (κ1) is 14.8. The summed E-state index contributed by atoms with van der Waals surface area (Å²) in [5.74, 6) is 0. The summed E-state index contributed by atoms with van der Waals surface area (Å²) in [5, 5.41) is 19.1. The molecule has 0 aliphatic heterocycles. The second-order valence-electron chi connectivity index (χ2n) is 2.94. The Bertz CT molecular complexity index is 433. The van der Waals surface area contributed by atoms with Gasteiger partial charge in [-0.3, -0.25) is 10.1 Å². The predicted molar refractivity (Wildman–Crippen MR) is 65.2 cm³/mol. The van der Waals surface area contributed by atoms with E-state index in [1.54, 1.807) is 12.1 Å². The summed E-state index contributed by atoms with van der Waals surface area (Å²) < 4.78 is 0.403. The maximum absolute atomic E-state index is 10.6. The lowest BCUT2D eigenvalue weighted by atomic mass is 10.1. The highest BCUT2D eigenvalue weighted by Gasteiger charge is 2.15. The van der Waals surface area contributed by atoms with Crippen molar-refractivity contribution in [2.75, 3.05) is 0 Å². The highest BCUT2D eigenvalue weighted by Crippen LogP contribution is 2.28. The number of nitrogens with zero attached hydrogens (tertiary/aromatic N) is 2. The van der Waals surface area contributed by atoms with Gasteiger partial charge in [0.1, 0.15) is 0 Å². The second-order valence-corrected chi connectivity index (χ2v) is 3.79. The van der Waals surface area contributed by atoms with Crippen LogP contribution in [-0.2, 0) is 0 Å². The molecule has 0 unspecified atom stereocenters. The summed E-state index contributed by atoms with van der Waals surface area (Å²) in [7, 11) is 0. The van der Waals surface area contributed by atoms with E-state index in [1.165, 1.54) is 6.07 Å². The number of nitriles is 1. The van der Waals surface area contributed by atoms with E-state index in [2.05, 4.69) is 15.9 Å². The first-order chi connectivity index (χ1) is 7.06. The number of benzene rings is 1. The Balaban J connectivity index is 0.00000225. The molecular weight excluding hydrogens is 297 g/mol. The van der Waals surface area contributed by atoms with Gasteiger partial charge >= 0.3 is 0 Å². The van der Waals surface area contributed by atoms with Crippen molar-refractivity contribution in [1.29, 1.82) is 5.26 Å². The minimum absolute atomic E-state index is 0. The molecule has 0 bridgehead atoms. The van der Waals surface area contributed by atoms with Crippen molar-refractivity contribution in [3.8, 4) is 6.07 Å². The zero-order chi connectivity index (χ0) is 11.4. The number of rotatable bonds is 3. The summed E-state index contributed by atoms with van der Waals surface area (Å²) in [5.41, 5.74) is 6.21. The molecule has 0 saturated heterocycles. The van der Waals surface area contributed by atoms with Crippen molar-refractivity contribution in [2.45, 2.75) is 12.5 Å². The van der Waals surface area contributed by atoms with Crippen LogP contribution in [0.15, 0.2) is 22.7 Å². The van der Waals surface area contributed by atoms with Crippen molar-refractivity contribution in [2.24, 2.45) is 5.73 Å². The van der Waals surface area contributed by atoms with Gasteiger partial charge in [0.2, 0.25) is 0 Å². The molecule has 1 rings (SSSR count). The Labute approximate surface area is 107 Å². The third kappa shape index (κ3) is 3.45. The fraction of sp³-hybridized carbons (Fsp3) is 0.222. The number of hydrogen-bond acceptors (Lipinski definition) is 4. The number of halogens is 2. The Hall–Kier alpha value is -1.16. The molecule has 0 amide bonds. The molecule has 0 aromatic heterocycles. The van der Waals surface area contributed by atoms with E-state index in [4.69, 9.17) is 11.0 Å².